The van der Waals surface area contributed by atoms with E-state index in [-0.39, 0.29) is 23.0 Å². The van der Waals surface area contributed by atoms with Crippen molar-refractivity contribution in [1.82, 2.24) is 4.72 Å². The Bertz CT molecular complexity index is 609. The molecular weight excluding hydrogens is 283 g/mol. The molecule has 1 unspecified atom stereocenters. The van der Waals surface area contributed by atoms with Gasteiger partial charge in [0.25, 0.3) is 0 Å². The highest BCUT2D eigenvalue weighted by atomic mass is 32.2. The Kier molecular flexibility index (Phi) is 5.62. The Hall–Kier alpha value is -1.49. The van der Waals surface area contributed by atoms with Crippen molar-refractivity contribution in [2.24, 2.45) is 5.92 Å². The summed E-state index contributed by atoms with van der Waals surface area (Å²) >= 11 is 0. The predicted molar refractivity (Wildman–Crippen MR) is 71.9 cm³/mol. The van der Waals surface area contributed by atoms with Crippen LogP contribution in [0.5, 0.6) is 0 Å². The average Bonchev–Trinajstić information content (AvgIpc) is 2.38. The van der Waals surface area contributed by atoms with Gasteiger partial charge in [-0.25, -0.2) is 17.5 Å². The summed E-state index contributed by atoms with van der Waals surface area (Å²) in [6.07, 6.45) is 0. The van der Waals surface area contributed by atoms with Gasteiger partial charge in [0.1, 0.15) is 11.9 Å². The number of nitrogens with zero attached hydrogens (tertiary/aromatic N) is 1. The fraction of sp³-hybridized carbons (Fsp3) is 0.462. The molecule has 0 fully saturated rings. The lowest BCUT2D eigenvalue weighted by Gasteiger charge is -2.21. The zero-order chi connectivity index (χ0) is 15.3. The Balaban J connectivity index is 3.08. The van der Waals surface area contributed by atoms with Gasteiger partial charge in [-0.2, -0.15) is 5.26 Å². The molecule has 1 atom stereocenters. The van der Waals surface area contributed by atoms with Crippen LogP contribution in [0.3, 0.4) is 0 Å². The normalized spacial score (nSPS) is 13.2. The van der Waals surface area contributed by atoms with Crippen LogP contribution in [0.2, 0.25) is 0 Å². The van der Waals surface area contributed by atoms with Crippen LogP contribution < -0.4 is 4.72 Å². The highest BCUT2D eigenvalue weighted by molar-refractivity contribution is 7.89. The minimum absolute atomic E-state index is 0.0283. The topological polar surface area (TPSA) is 79.2 Å². The molecule has 0 amide bonds. The number of ether oxygens (including phenoxy) is 1. The summed E-state index contributed by atoms with van der Waals surface area (Å²) in [5.41, 5.74) is -0.305. The fourth-order valence-electron chi connectivity index (χ4n) is 1.57. The van der Waals surface area contributed by atoms with Gasteiger partial charge < -0.3 is 4.74 Å². The number of hydrogen-bond acceptors (Lipinski definition) is 4. The molecule has 0 aliphatic carbocycles. The molecule has 0 radical (unpaired) electrons. The van der Waals surface area contributed by atoms with Crippen LogP contribution >= 0.6 is 0 Å². The van der Waals surface area contributed by atoms with Gasteiger partial charge in [-0.1, -0.05) is 13.8 Å². The molecule has 110 valence electrons. The van der Waals surface area contributed by atoms with Crippen LogP contribution in [0.4, 0.5) is 4.39 Å². The minimum Gasteiger partial charge on any atom is -0.383 e. The second-order valence-corrected chi connectivity index (χ2v) is 6.39. The molecule has 0 aliphatic rings. The van der Waals surface area contributed by atoms with Crippen molar-refractivity contribution < 1.29 is 17.5 Å². The van der Waals surface area contributed by atoms with Gasteiger partial charge in [0.05, 0.1) is 17.1 Å². The number of benzene rings is 1. The SMILES string of the molecule is COCC(NS(=O)(=O)c1ccc(F)c(C#N)c1)C(C)C. The van der Waals surface area contributed by atoms with Crippen LogP contribution in [0.15, 0.2) is 23.1 Å². The lowest BCUT2D eigenvalue weighted by molar-refractivity contribution is 0.157. The maximum Gasteiger partial charge on any atom is 0.240 e. The van der Waals surface area contributed by atoms with Gasteiger partial charge in [-0.3, -0.25) is 0 Å². The fourth-order valence-corrected chi connectivity index (χ4v) is 2.96. The number of sulfonamides is 1. The standard InChI is InChI=1S/C13H17FN2O3S/c1-9(2)13(8-19-3)16-20(17,18)11-4-5-12(14)10(6-11)7-15/h4-6,9,13,16H,8H2,1-3H3. The summed E-state index contributed by atoms with van der Waals surface area (Å²) < 4.78 is 45.1. The first kappa shape index (κ1) is 16.6. The molecule has 0 heterocycles. The van der Waals surface area contributed by atoms with Crippen LogP contribution in [0.1, 0.15) is 19.4 Å². The van der Waals surface area contributed by atoms with Crippen LogP contribution in [-0.2, 0) is 14.8 Å². The van der Waals surface area contributed by atoms with E-state index in [2.05, 4.69) is 4.72 Å². The Labute approximate surface area is 118 Å². The number of nitrogens with one attached hydrogen (secondary N) is 1. The van der Waals surface area contributed by atoms with E-state index in [1.54, 1.807) is 6.07 Å². The molecular formula is C13H17FN2O3S. The number of hydrogen-bond donors (Lipinski definition) is 1. The monoisotopic (exact) mass is 300 g/mol. The molecule has 1 aromatic rings. The van der Waals surface area contributed by atoms with E-state index in [9.17, 15) is 12.8 Å². The molecule has 0 bridgehead atoms. The van der Waals surface area contributed by atoms with Gasteiger partial charge in [-0.15, -0.1) is 0 Å². The van der Waals surface area contributed by atoms with E-state index in [1.807, 2.05) is 13.8 Å². The van der Waals surface area contributed by atoms with Crippen molar-refractivity contribution in [3.8, 4) is 6.07 Å². The van der Waals surface area contributed by atoms with E-state index < -0.39 is 21.9 Å². The minimum atomic E-state index is -3.82. The lowest BCUT2D eigenvalue weighted by Crippen LogP contribution is -2.41. The van der Waals surface area contributed by atoms with Crippen molar-refractivity contribution in [2.75, 3.05) is 13.7 Å². The summed E-state index contributed by atoms with van der Waals surface area (Å²) in [4.78, 5) is -0.141. The van der Waals surface area contributed by atoms with Gasteiger partial charge in [0.15, 0.2) is 0 Å². The predicted octanol–water partition coefficient (Wildman–Crippen LogP) is 1.65. The number of methoxy groups -OCH3 is 1. The van der Waals surface area contributed by atoms with Crippen molar-refractivity contribution in [2.45, 2.75) is 24.8 Å². The lowest BCUT2D eigenvalue weighted by atomic mass is 10.1. The molecule has 7 heteroatoms. The van der Waals surface area contributed by atoms with Crippen molar-refractivity contribution in [3.63, 3.8) is 0 Å². The van der Waals surface area contributed by atoms with Gasteiger partial charge >= 0.3 is 0 Å². The van der Waals surface area contributed by atoms with E-state index in [1.165, 1.54) is 7.11 Å². The Morgan fingerprint density at radius 3 is 2.60 bits per heavy atom. The molecule has 0 aliphatic heterocycles. The summed E-state index contributed by atoms with van der Waals surface area (Å²) in [7, 11) is -2.34. The first-order valence-corrected chi connectivity index (χ1v) is 7.51. The second kappa shape index (κ2) is 6.79. The van der Waals surface area contributed by atoms with E-state index in [0.717, 1.165) is 18.2 Å². The van der Waals surface area contributed by atoms with Crippen LogP contribution in [0, 0.1) is 23.1 Å². The number of nitriles is 1. The molecule has 1 aromatic carbocycles. The summed E-state index contributed by atoms with van der Waals surface area (Å²) in [6.45, 7) is 3.94. The molecule has 0 aromatic heterocycles. The maximum absolute atomic E-state index is 13.2. The highest BCUT2D eigenvalue weighted by Gasteiger charge is 2.23. The third-order valence-electron chi connectivity index (χ3n) is 2.83. The van der Waals surface area contributed by atoms with Crippen molar-refractivity contribution >= 4 is 10.0 Å². The molecule has 0 spiro atoms. The number of halogens is 1. The summed E-state index contributed by atoms with van der Waals surface area (Å²) in [6, 6.07) is 4.32. The van der Waals surface area contributed by atoms with Gasteiger partial charge in [0.2, 0.25) is 10.0 Å². The van der Waals surface area contributed by atoms with Crippen LogP contribution in [-0.4, -0.2) is 28.2 Å². The first-order valence-electron chi connectivity index (χ1n) is 6.02. The van der Waals surface area contributed by atoms with E-state index in [0.29, 0.717) is 0 Å². The largest absolute Gasteiger partial charge is 0.383 e. The summed E-state index contributed by atoms with van der Waals surface area (Å²) in [5, 5.41) is 8.74. The highest BCUT2D eigenvalue weighted by Crippen LogP contribution is 2.16. The second-order valence-electron chi connectivity index (χ2n) is 4.68. The molecule has 1 N–H and O–H groups in total. The van der Waals surface area contributed by atoms with Crippen molar-refractivity contribution in [1.29, 1.82) is 5.26 Å². The Morgan fingerprint density at radius 1 is 1.45 bits per heavy atom. The number of rotatable bonds is 6. The average molecular weight is 300 g/mol. The zero-order valence-electron chi connectivity index (χ0n) is 11.6. The smallest absolute Gasteiger partial charge is 0.240 e. The third kappa shape index (κ3) is 4.00. The quantitative estimate of drug-likeness (QED) is 0.866. The van der Waals surface area contributed by atoms with Crippen molar-refractivity contribution in [3.05, 3.63) is 29.6 Å². The molecule has 0 saturated carbocycles. The Morgan fingerprint density at radius 2 is 2.10 bits per heavy atom. The summed E-state index contributed by atoms with van der Waals surface area (Å²) in [5.74, 6) is -0.718. The van der Waals surface area contributed by atoms with E-state index in [4.69, 9.17) is 10.00 Å². The maximum atomic E-state index is 13.2. The zero-order valence-corrected chi connectivity index (χ0v) is 12.4. The molecule has 1 rings (SSSR count). The molecule has 5 nitrogen and oxygen atoms in total. The van der Waals surface area contributed by atoms with Gasteiger partial charge in [-0.05, 0) is 24.1 Å². The van der Waals surface area contributed by atoms with Crippen LogP contribution in [0.25, 0.3) is 0 Å². The first-order chi connectivity index (χ1) is 9.31. The third-order valence-corrected chi connectivity index (χ3v) is 4.31. The van der Waals surface area contributed by atoms with E-state index >= 15 is 0 Å². The molecule has 20 heavy (non-hydrogen) atoms. The van der Waals surface area contributed by atoms with Gasteiger partial charge in [0, 0.05) is 13.2 Å². The molecule has 0 saturated heterocycles.